The monoisotopic (exact) mass is 770 g/mol. The number of benzene rings is 9. The van der Waals surface area contributed by atoms with Crippen LogP contribution in [-0.2, 0) is 0 Å². The molecular weight excluding hydrogens is 741 g/mol. The topological polar surface area (TPSA) is 56.7 Å². The zero-order valence-corrected chi connectivity index (χ0v) is 32.2. The van der Waals surface area contributed by atoms with Crippen LogP contribution in [0.2, 0.25) is 0 Å². The second-order valence-electron chi connectivity index (χ2n) is 15.1. The zero-order valence-electron chi connectivity index (χ0n) is 31.4. The molecule has 0 aliphatic carbocycles. The smallest absolute Gasteiger partial charge is 0.164 e. The Morgan fingerprint density at radius 3 is 1.92 bits per heavy atom. The van der Waals surface area contributed by atoms with Crippen molar-refractivity contribution in [2.24, 2.45) is 0 Å². The van der Waals surface area contributed by atoms with E-state index in [1.54, 1.807) is 11.3 Å². The highest BCUT2D eigenvalue weighted by atomic mass is 32.1. The lowest BCUT2D eigenvalue weighted by Gasteiger charge is -2.13. The number of para-hydroxylation sites is 1. The summed E-state index contributed by atoms with van der Waals surface area (Å²) in [6.07, 6.45) is 0. The first-order valence-corrected chi connectivity index (χ1v) is 20.6. The van der Waals surface area contributed by atoms with E-state index < -0.39 is 0 Å². The largest absolute Gasteiger partial charge is 0.454 e. The Morgan fingerprint density at radius 2 is 1.07 bits per heavy atom. The van der Waals surface area contributed by atoms with Crippen molar-refractivity contribution in [1.82, 2.24) is 19.5 Å². The number of thiophene rings is 1. The summed E-state index contributed by atoms with van der Waals surface area (Å²) in [6.45, 7) is 0. The van der Waals surface area contributed by atoms with Gasteiger partial charge in [-0.3, -0.25) is 0 Å². The molecule has 13 aromatic rings. The predicted octanol–water partition coefficient (Wildman–Crippen LogP) is 14.5. The lowest BCUT2D eigenvalue weighted by atomic mass is 10.0. The van der Waals surface area contributed by atoms with Crippen LogP contribution in [0, 0.1) is 0 Å². The first-order chi connectivity index (χ1) is 29.2. The van der Waals surface area contributed by atoms with Crippen LogP contribution < -0.4 is 0 Å². The molecule has 0 bridgehead atoms. The molecule has 0 aliphatic heterocycles. The summed E-state index contributed by atoms with van der Waals surface area (Å²) in [6, 6.07) is 64.3. The van der Waals surface area contributed by atoms with Gasteiger partial charge < -0.3 is 8.98 Å². The molecule has 9 aromatic carbocycles. The van der Waals surface area contributed by atoms with E-state index in [2.05, 4.69) is 156 Å². The SMILES string of the molecule is c1ccc(-c2nc(-c3cccc4sc5ccccc5c34)nc(-c3ccc(-n4c5cc6ccccc6cc5c5c6ccccc6ccc54)c4oc5ccccc5c34)n2)cc1. The highest BCUT2D eigenvalue weighted by molar-refractivity contribution is 7.25. The average molecular weight is 771 g/mol. The van der Waals surface area contributed by atoms with Crippen LogP contribution >= 0.6 is 11.3 Å². The molecule has 59 heavy (non-hydrogen) atoms. The van der Waals surface area contributed by atoms with Crippen molar-refractivity contribution < 1.29 is 4.42 Å². The molecule has 5 nitrogen and oxygen atoms in total. The van der Waals surface area contributed by atoms with Gasteiger partial charge in [0.15, 0.2) is 23.1 Å². The third-order valence-corrected chi connectivity index (χ3v) is 13.0. The Hall–Kier alpha value is -7.67. The van der Waals surface area contributed by atoms with Gasteiger partial charge in [-0.1, -0.05) is 133 Å². The third-order valence-electron chi connectivity index (χ3n) is 11.8. The van der Waals surface area contributed by atoms with Crippen LogP contribution in [0.15, 0.2) is 186 Å². The quantitative estimate of drug-likeness (QED) is 0.179. The molecule has 0 fully saturated rings. The van der Waals surface area contributed by atoms with Crippen LogP contribution in [-0.4, -0.2) is 19.5 Å². The van der Waals surface area contributed by atoms with E-state index in [9.17, 15) is 0 Å². The molecule has 0 unspecified atom stereocenters. The standard InChI is InChI=1S/C53H30N4OS/c1-2-14-32(15-3-1)51-54-52(38-21-12-24-46-48(38)37-20-9-11-23-45(37)59-46)56-53(55-51)39-26-28-42(50-49(39)36-19-8-10-22-44(36)58-50)57-41-27-25-31-13-6-7-18-35(31)47(41)40-29-33-16-4-5-17-34(33)30-43(40)57/h1-30H. The van der Waals surface area contributed by atoms with E-state index in [1.165, 1.54) is 47.1 Å². The zero-order chi connectivity index (χ0) is 38.6. The van der Waals surface area contributed by atoms with Crippen molar-refractivity contribution in [3.8, 4) is 39.9 Å². The fraction of sp³-hybridized carbons (Fsp3) is 0. The maximum Gasteiger partial charge on any atom is 0.164 e. The summed E-state index contributed by atoms with van der Waals surface area (Å²) in [7, 11) is 0. The van der Waals surface area contributed by atoms with Crippen LogP contribution in [0.25, 0.3) is 125 Å². The van der Waals surface area contributed by atoms with E-state index in [1.807, 2.05) is 30.3 Å². The van der Waals surface area contributed by atoms with Gasteiger partial charge in [0.25, 0.3) is 0 Å². The molecule has 0 spiro atoms. The molecule has 0 radical (unpaired) electrons. The summed E-state index contributed by atoms with van der Waals surface area (Å²) in [4.78, 5) is 15.8. The number of fused-ring (bicyclic) bond motifs is 12. The van der Waals surface area contributed by atoms with Crippen molar-refractivity contribution in [2.45, 2.75) is 0 Å². The molecule has 4 aromatic heterocycles. The van der Waals surface area contributed by atoms with Gasteiger partial charge in [0.05, 0.1) is 16.7 Å². The Balaban J connectivity index is 1.13. The summed E-state index contributed by atoms with van der Waals surface area (Å²) in [5.74, 6) is 1.84. The van der Waals surface area contributed by atoms with Crippen LogP contribution in [0.5, 0.6) is 0 Å². The van der Waals surface area contributed by atoms with E-state index in [0.717, 1.165) is 60.7 Å². The number of hydrogen-bond donors (Lipinski definition) is 0. The van der Waals surface area contributed by atoms with Gasteiger partial charge in [0.1, 0.15) is 5.58 Å². The van der Waals surface area contributed by atoms with Gasteiger partial charge >= 0.3 is 0 Å². The maximum absolute atomic E-state index is 6.98. The number of furan rings is 1. The Kier molecular flexibility index (Phi) is 6.82. The molecule has 0 amide bonds. The number of rotatable bonds is 4. The summed E-state index contributed by atoms with van der Waals surface area (Å²) in [5.41, 5.74) is 7.57. The summed E-state index contributed by atoms with van der Waals surface area (Å²) in [5, 5.41) is 11.6. The number of aromatic nitrogens is 4. The van der Waals surface area contributed by atoms with Crippen LogP contribution in [0.1, 0.15) is 0 Å². The summed E-state index contributed by atoms with van der Waals surface area (Å²) >= 11 is 1.79. The molecule has 0 saturated carbocycles. The molecular formula is C53H30N4OS. The Labute approximate surface area is 341 Å². The molecule has 274 valence electrons. The van der Waals surface area contributed by atoms with Crippen molar-refractivity contribution in [3.63, 3.8) is 0 Å². The minimum Gasteiger partial charge on any atom is -0.454 e. The van der Waals surface area contributed by atoms with Gasteiger partial charge in [0, 0.05) is 58.4 Å². The van der Waals surface area contributed by atoms with Gasteiger partial charge in [-0.25, -0.2) is 15.0 Å². The highest BCUT2D eigenvalue weighted by Gasteiger charge is 2.24. The lowest BCUT2D eigenvalue weighted by molar-refractivity contribution is 0.666. The molecule has 0 N–H and O–H groups in total. The molecule has 13 rings (SSSR count). The number of nitrogens with zero attached hydrogens (tertiary/aromatic N) is 4. The molecule has 4 heterocycles. The van der Waals surface area contributed by atoms with Crippen molar-refractivity contribution in [1.29, 1.82) is 0 Å². The van der Waals surface area contributed by atoms with E-state index >= 15 is 0 Å². The first-order valence-electron chi connectivity index (χ1n) is 19.8. The average Bonchev–Trinajstić information content (AvgIpc) is 3.98. The molecule has 0 atom stereocenters. The second-order valence-corrected chi connectivity index (χ2v) is 16.2. The second kappa shape index (κ2) is 12.4. The van der Waals surface area contributed by atoms with Gasteiger partial charge in [0.2, 0.25) is 0 Å². The van der Waals surface area contributed by atoms with E-state index in [-0.39, 0.29) is 0 Å². The molecule has 0 aliphatic rings. The van der Waals surface area contributed by atoms with Crippen molar-refractivity contribution in [2.75, 3.05) is 0 Å². The molecule has 6 heteroatoms. The predicted molar refractivity (Wildman–Crippen MR) is 246 cm³/mol. The van der Waals surface area contributed by atoms with Crippen LogP contribution in [0.3, 0.4) is 0 Å². The van der Waals surface area contributed by atoms with Gasteiger partial charge in [-0.2, -0.15) is 0 Å². The van der Waals surface area contributed by atoms with Crippen LogP contribution in [0.4, 0.5) is 0 Å². The van der Waals surface area contributed by atoms with Gasteiger partial charge in [-0.05, 0) is 70.1 Å². The minimum absolute atomic E-state index is 0.590. The minimum atomic E-state index is 0.590. The van der Waals surface area contributed by atoms with E-state index in [4.69, 9.17) is 19.4 Å². The maximum atomic E-state index is 6.98. The third kappa shape index (κ3) is 4.81. The highest BCUT2D eigenvalue weighted by Crippen LogP contribution is 2.45. The first kappa shape index (κ1) is 32.4. The fourth-order valence-electron chi connectivity index (χ4n) is 9.20. The fourth-order valence-corrected chi connectivity index (χ4v) is 10.3. The van der Waals surface area contributed by atoms with Crippen molar-refractivity contribution >= 4 is 96.8 Å². The number of hydrogen-bond acceptors (Lipinski definition) is 5. The van der Waals surface area contributed by atoms with E-state index in [0.29, 0.717) is 17.5 Å². The van der Waals surface area contributed by atoms with Gasteiger partial charge in [-0.15, -0.1) is 11.3 Å². The van der Waals surface area contributed by atoms with Crippen molar-refractivity contribution in [3.05, 3.63) is 182 Å². The summed E-state index contributed by atoms with van der Waals surface area (Å²) < 4.78 is 11.8. The normalized spacial score (nSPS) is 12.1. The Morgan fingerprint density at radius 1 is 0.407 bits per heavy atom. The lowest BCUT2D eigenvalue weighted by Crippen LogP contribution is -2.01. The Bertz CT molecular complexity index is 3860. The molecule has 0 saturated heterocycles.